The van der Waals surface area contributed by atoms with Gasteiger partial charge in [-0.15, -0.1) is 0 Å². The molecule has 1 N–H and O–H groups in total. The fraction of sp³-hybridized carbons (Fsp3) is 0.667. The third kappa shape index (κ3) is 7.29. The zero-order valence-corrected chi connectivity index (χ0v) is 22.5. The van der Waals surface area contributed by atoms with Gasteiger partial charge in [-0.3, -0.25) is 14.2 Å². The van der Waals surface area contributed by atoms with E-state index in [9.17, 15) is 14.7 Å². The van der Waals surface area contributed by atoms with Crippen LogP contribution < -0.4 is 10.3 Å². The number of amides is 1. The van der Waals surface area contributed by atoms with Crippen LogP contribution in [-0.2, 0) is 16.8 Å². The Hall–Kier alpha value is -2.41. The Morgan fingerprint density at radius 3 is 2.21 bits per heavy atom. The first kappa shape index (κ1) is 27.8. The van der Waals surface area contributed by atoms with Gasteiger partial charge in [0.05, 0.1) is 18.1 Å². The summed E-state index contributed by atoms with van der Waals surface area (Å²) in [5.74, 6) is 0.489. The van der Waals surface area contributed by atoms with Gasteiger partial charge in [-0.1, -0.05) is 55.4 Å². The molecule has 1 amide bonds. The summed E-state index contributed by atoms with van der Waals surface area (Å²) in [6.07, 6.45) is 1.51. The molecule has 0 aliphatic rings. The summed E-state index contributed by atoms with van der Waals surface area (Å²) in [5.41, 5.74) is 0.727. The smallest absolute Gasteiger partial charge is 0.273 e. The summed E-state index contributed by atoms with van der Waals surface area (Å²) in [7, 11) is 1.57. The van der Waals surface area contributed by atoms with Gasteiger partial charge in [0.15, 0.2) is 0 Å². The molecule has 0 saturated carbocycles. The summed E-state index contributed by atoms with van der Waals surface area (Å²) >= 11 is 0. The third-order valence-electron chi connectivity index (χ3n) is 6.13. The van der Waals surface area contributed by atoms with E-state index in [2.05, 4.69) is 25.8 Å². The molecule has 0 atom stereocenters. The van der Waals surface area contributed by atoms with Crippen LogP contribution in [0.2, 0.25) is 0 Å². The number of carbonyl (C=O) groups excluding carboxylic acids is 1. The van der Waals surface area contributed by atoms with Gasteiger partial charge in [-0.2, -0.15) is 0 Å². The molecule has 34 heavy (non-hydrogen) atoms. The average Bonchev–Trinajstić information content (AvgIpc) is 2.73. The van der Waals surface area contributed by atoms with E-state index in [0.717, 1.165) is 6.42 Å². The maximum absolute atomic E-state index is 13.6. The van der Waals surface area contributed by atoms with Gasteiger partial charge in [0.1, 0.15) is 18.0 Å². The molecule has 0 saturated heterocycles. The van der Waals surface area contributed by atoms with Gasteiger partial charge in [0.2, 0.25) is 5.91 Å². The molecule has 0 radical (unpaired) electrons. The van der Waals surface area contributed by atoms with Crippen molar-refractivity contribution >= 4 is 16.9 Å². The summed E-state index contributed by atoms with van der Waals surface area (Å²) in [5, 5.41) is 9.68. The number of carbonyl (C=O) groups is 1. The Balaban J connectivity index is 2.51. The predicted octanol–water partition coefficient (Wildman–Crippen LogP) is 4.38. The number of benzene rings is 1. The zero-order valence-electron chi connectivity index (χ0n) is 22.5. The van der Waals surface area contributed by atoms with Crippen molar-refractivity contribution in [1.29, 1.82) is 0 Å². The monoisotopic (exact) mass is 473 g/mol. The largest absolute Gasteiger partial charge is 0.497 e. The van der Waals surface area contributed by atoms with Crippen LogP contribution >= 0.6 is 0 Å². The fourth-order valence-electron chi connectivity index (χ4n) is 3.58. The van der Waals surface area contributed by atoms with E-state index in [4.69, 9.17) is 4.74 Å². The maximum atomic E-state index is 13.6. The summed E-state index contributed by atoms with van der Waals surface area (Å²) in [4.78, 5) is 33.6. The quantitative estimate of drug-likeness (QED) is 0.584. The second-order valence-corrected chi connectivity index (χ2v) is 12.2. The lowest BCUT2D eigenvalue weighted by atomic mass is 9.89. The van der Waals surface area contributed by atoms with Crippen LogP contribution in [0, 0.1) is 10.8 Å². The van der Waals surface area contributed by atoms with Crippen LogP contribution in [0.1, 0.15) is 73.9 Å². The average molecular weight is 474 g/mol. The normalized spacial score (nSPS) is 12.8. The van der Waals surface area contributed by atoms with Crippen molar-refractivity contribution in [3.63, 3.8) is 0 Å². The number of ether oxygens (including phenoxy) is 1. The highest BCUT2D eigenvalue weighted by Gasteiger charge is 2.26. The van der Waals surface area contributed by atoms with E-state index in [1.54, 1.807) is 13.2 Å². The molecule has 2 rings (SSSR count). The number of aliphatic hydroxyl groups excluding tert-OH is 1. The molecule has 1 heterocycles. The van der Waals surface area contributed by atoms with E-state index in [1.165, 1.54) is 4.57 Å². The molecule has 1 aromatic heterocycles. The highest BCUT2D eigenvalue weighted by Crippen LogP contribution is 2.25. The number of nitrogens with zero attached hydrogens (tertiary/aromatic N) is 3. The molecule has 0 aliphatic carbocycles. The van der Waals surface area contributed by atoms with Crippen molar-refractivity contribution in [3.05, 3.63) is 34.2 Å². The van der Waals surface area contributed by atoms with E-state index >= 15 is 0 Å². The zero-order chi connectivity index (χ0) is 25.9. The van der Waals surface area contributed by atoms with Crippen molar-refractivity contribution in [2.45, 2.75) is 80.2 Å². The highest BCUT2D eigenvalue weighted by molar-refractivity contribution is 5.81. The Morgan fingerprint density at radius 1 is 1.06 bits per heavy atom. The lowest BCUT2D eigenvalue weighted by molar-refractivity contribution is -0.132. The number of hydrogen-bond donors (Lipinski definition) is 1. The lowest BCUT2D eigenvalue weighted by Crippen LogP contribution is -2.41. The first-order valence-electron chi connectivity index (χ1n) is 12.1. The van der Waals surface area contributed by atoms with Gasteiger partial charge in [-0.25, -0.2) is 4.98 Å². The van der Waals surface area contributed by atoms with Crippen molar-refractivity contribution in [3.8, 4) is 5.75 Å². The molecule has 0 spiro atoms. The van der Waals surface area contributed by atoms with E-state index in [-0.39, 0.29) is 35.4 Å². The Bertz CT molecular complexity index is 1060. The summed E-state index contributed by atoms with van der Waals surface area (Å²) in [6.45, 7) is 17.4. The number of aromatic nitrogens is 2. The van der Waals surface area contributed by atoms with Crippen LogP contribution in [-0.4, -0.2) is 52.3 Å². The topological polar surface area (TPSA) is 84.7 Å². The molecule has 190 valence electrons. The molecule has 7 nitrogen and oxygen atoms in total. The van der Waals surface area contributed by atoms with Gasteiger partial charge in [0, 0.05) is 31.2 Å². The van der Waals surface area contributed by atoms with Gasteiger partial charge < -0.3 is 14.7 Å². The Labute approximate surface area is 204 Å². The van der Waals surface area contributed by atoms with Crippen LogP contribution in [0.25, 0.3) is 11.0 Å². The minimum Gasteiger partial charge on any atom is -0.497 e. The van der Waals surface area contributed by atoms with Crippen molar-refractivity contribution in [2.24, 2.45) is 10.8 Å². The van der Waals surface area contributed by atoms with E-state index < -0.39 is 5.41 Å². The molecule has 0 unspecified atom stereocenters. The molecular weight excluding hydrogens is 430 g/mol. The van der Waals surface area contributed by atoms with E-state index in [0.29, 0.717) is 42.0 Å². The molecule has 7 heteroatoms. The number of aliphatic hydroxyl groups is 1. The van der Waals surface area contributed by atoms with Crippen LogP contribution in [0.15, 0.2) is 23.0 Å². The maximum Gasteiger partial charge on any atom is 0.273 e. The Morgan fingerprint density at radius 2 is 1.68 bits per heavy atom. The number of rotatable bonds is 9. The first-order valence-corrected chi connectivity index (χ1v) is 12.1. The SMILES string of the molecule is COc1ccc2nc(C(C)(C)C)c(=O)n(CC(=O)N(CCC(C)(C)C)CCC(C)(C)CO)c2c1. The molecule has 0 fully saturated rings. The standard InChI is InChI=1S/C27H43N3O4/c1-25(2,3)12-14-29(15-13-27(7,8)18-31)22(32)17-30-21-16-19(34-9)10-11-20(21)28-23(24(30)33)26(4,5)6/h10-11,16,31H,12-15,17-18H2,1-9H3. The lowest BCUT2D eigenvalue weighted by Gasteiger charge is -2.31. The fourth-order valence-corrected chi connectivity index (χ4v) is 3.58. The predicted molar refractivity (Wildman–Crippen MR) is 137 cm³/mol. The van der Waals surface area contributed by atoms with Crippen LogP contribution in [0.3, 0.4) is 0 Å². The van der Waals surface area contributed by atoms with Crippen LogP contribution in [0.5, 0.6) is 5.75 Å². The molecule has 0 aliphatic heterocycles. The molecule has 0 bridgehead atoms. The number of hydrogen-bond acceptors (Lipinski definition) is 5. The van der Waals surface area contributed by atoms with Gasteiger partial charge in [0.25, 0.3) is 5.56 Å². The number of methoxy groups -OCH3 is 1. The Kier molecular flexibility index (Phi) is 8.57. The van der Waals surface area contributed by atoms with E-state index in [1.807, 2.05) is 51.7 Å². The van der Waals surface area contributed by atoms with Crippen molar-refractivity contribution in [2.75, 3.05) is 26.8 Å². The first-order chi connectivity index (χ1) is 15.6. The third-order valence-corrected chi connectivity index (χ3v) is 6.13. The second-order valence-electron chi connectivity index (χ2n) is 12.2. The minimum absolute atomic E-state index is 0.0531. The summed E-state index contributed by atoms with van der Waals surface area (Å²) in [6, 6.07) is 5.40. The van der Waals surface area contributed by atoms with Crippen molar-refractivity contribution < 1.29 is 14.6 Å². The highest BCUT2D eigenvalue weighted by atomic mass is 16.5. The molecule has 2 aromatic rings. The van der Waals surface area contributed by atoms with Gasteiger partial charge in [-0.05, 0) is 35.8 Å². The molecular formula is C27H43N3O4. The number of fused-ring (bicyclic) bond motifs is 1. The van der Waals surface area contributed by atoms with Crippen molar-refractivity contribution in [1.82, 2.24) is 14.5 Å². The van der Waals surface area contributed by atoms with Gasteiger partial charge >= 0.3 is 0 Å². The molecule has 1 aromatic carbocycles. The second kappa shape index (κ2) is 10.5. The minimum atomic E-state index is -0.465. The summed E-state index contributed by atoms with van der Waals surface area (Å²) < 4.78 is 6.91. The van der Waals surface area contributed by atoms with Crippen LogP contribution in [0.4, 0.5) is 0 Å².